The van der Waals surface area contributed by atoms with Gasteiger partial charge in [0.05, 0.1) is 12.5 Å². The van der Waals surface area contributed by atoms with Crippen LogP contribution in [0.2, 0.25) is 0 Å². The number of carbonyl (C=O) groups excluding carboxylic acids is 1. The van der Waals surface area contributed by atoms with E-state index in [0.717, 1.165) is 0 Å². The highest BCUT2D eigenvalue weighted by Gasteiger charge is 2.75. The Balaban J connectivity index is 2.04. The van der Waals surface area contributed by atoms with Crippen molar-refractivity contribution in [2.45, 2.75) is 26.2 Å². The standard InChI is InChI=1S/C16H18O2/c1-4-18-14(17)13-15(2,3)16(13)10-9-11-7-5-6-8-12(11)16/h5-10,13H,4H2,1-3H3/t13-,16-/m1/s1. The molecule has 0 amide bonds. The van der Waals surface area contributed by atoms with Crippen LogP contribution in [0.1, 0.15) is 31.9 Å². The number of carbonyl (C=O) groups is 1. The first-order valence-electron chi connectivity index (χ1n) is 6.51. The number of esters is 1. The fraction of sp³-hybridized carbons (Fsp3) is 0.438. The van der Waals surface area contributed by atoms with Crippen molar-refractivity contribution < 1.29 is 9.53 Å². The van der Waals surface area contributed by atoms with Crippen LogP contribution in [-0.4, -0.2) is 12.6 Å². The van der Waals surface area contributed by atoms with Crippen molar-refractivity contribution in [3.05, 3.63) is 41.5 Å². The number of fused-ring (bicyclic) bond motifs is 2. The molecule has 0 N–H and O–H groups in total. The molecule has 18 heavy (non-hydrogen) atoms. The van der Waals surface area contributed by atoms with E-state index in [9.17, 15) is 4.79 Å². The topological polar surface area (TPSA) is 26.3 Å². The van der Waals surface area contributed by atoms with Crippen LogP contribution in [0.4, 0.5) is 0 Å². The van der Waals surface area contributed by atoms with E-state index < -0.39 is 0 Å². The Bertz CT molecular complexity index is 542. The summed E-state index contributed by atoms with van der Waals surface area (Å²) in [5.74, 6) is -0.117. The van der Waals surface area contributed by atoms with Crippen molar-refractivity contribution in [3.63, 3.8) is 0 Å². The van der Waals surface area contributed by atoms with Gasteiger partial charge in [0.2, 0.25) is 0 Å². The van der Waals surface area contributed by atoms with Crippen LogP contribution >= 0.6 is 0 Å². The predicted octanol–water partition coefficient (Wildman–Crippen LogP) is 3.17. The normalized spacial score (nSPS) is 30.3. The lowest BCUT2D eigenvalue weighted by molar-refractivity contribution is -0.145. The molecule has 3 rings (SSSR count). The molecule has 0 radical (unpaired) electrons. The van der Waals surface area contributed by atoms with Gasteiger partial charge in [0, 0.05) is 5.41 Å². The largest absolute Gasteiger partial charge is 0.466 e. The van der Waals surface area contributed by atoms with Crippen LogP contribution in [-0.2, 0) is 14.9 Å². The molecule has 0 heterocycles. The highest BCUT2D eigenvalue weighted by molar-refractivity contribution is 5.86. The number of allylic oxidation sites excluding steroid dienone is 1. The van der Waals surface area contributed by atoms with E-state index in [1.165, 1.54) is 11.1 Å². The van der Waals surface area contributed by atoms with Crippen molar-refractivity contribution in [1.82, 2.24) is 0 Å². The van der Waals surface area contributed by atoms with Crippen molar-refractivity contribution in [1.29, 1.82) is 0 Å². The van der Waals surface area contributed by atoms with Gasteiger partial charge in [0.1, 0.15) is 0 Å². The molecule has 1 spiro atoms. The zero-order valence-corrected chi connectivity index (χ0v) is 11.1. The molecule has 1 fully saturated rings. The van der Waals surface area contributed by atoms with E-state index >= 15 is 0 Å². The highest BCUT2D eigenvalue weighted by atomic mass is 16.5. The Hall–Kier alpha value is -1.57. The predicted molar refractivity (Wildman–Crippen MR) is 71.1 cm³/mol. The van der Waals surface area contributed by atoms with E-state index in [1.807, 2.05) is 19.1 Å². The van der Waals surface area contributed by atoms with Gasteiger partial charge in [-0.25, -0.2) is 0 Å². The molecule has 1 aromatic rings. The van der Waals surface area contributed by atoms with Crippen LogP contribution in [0.15, 0.2) is 30.3 Å². The first-order valence-corrected chi connectivity index (χ1v) is 6.51. The molecule has 1 aromatic carbocycles. The Kier molecular flexibility index (Phi) is 2.22. The lowest BCUT2D eigenvalue weighted by Crippen LogP contribution is -2.14. The molecule has 2 atom stereocenters. The maximum atomic E-state index is 12.1. The van der Waals surface area contributed by atoms with Crippen molar-refractivity contribution in [2.75, 3.05) is 6.61 Å². The number of hydrogen-bond donors (Lipinski definition) is 0. The Morgan fingerprint density at radius 2 is 2.06 bits per heavy atom. The third-order valence-corrected chi connectivity index (χ3v) is 4.61. The fourth-order valence-electron chi connectivity index (χ4n) is 3.65. The van der Waals surface area contributed by atoms with Gasteiger partial charge in [-0.3, -0.25) is 4.79 Å². The molecule has 2 aliphatic rings. The molecular weight excluding hydrogens is 224 g/mol. The molecule has 0 aliphatic heterocycles. The fourth-order valence-corrected chi connectivity index (χ4v) is 3.65. The lowest BCUT2D eigenvalue weighted by atomic mass is 9.90. The maximum absolute atomic E-state index is 12.1. The van der Waals surface area contributed by atoms with E-state index in [2.05, 4.69) is 38.1 Å². The molecule has 0 bridgehead atoms. The van der Waals surface area contributed by atoms with E-state index in [1.54, 1.807) is 0 Å². The summed E-state index contributed by atoms with van der Waals surface area (Å²) in [6.07, 6.45) is 4.33. The summed E-state index contributed by atoms with van der Waals surface area (Å²) in [7, 11) is 0. The molecule has 1 saturated carbocycles. The number of ether oxygens (including phenoxy) is 1. The molecule has 94 valence electrons. The first kappa shape index (κ1) is 11.5. The molecule has 2 aliphatic carbocycles. The average molecular weight is 242 g/mol. The quantitative estimate of drug-likeness (QED) is 0.745. The summed E-state index contributed by atoms with van der Waals surface area (Å²) in [6, 6.07) is 8.33. The van der Waals surface area contributed by atoms with Crippen molar-refractivity contribution in [2.24, 2.45) is 11.3 Å². The van der Waals surface area contributed by atoms with Crippen molar-refractivity contribution in [3.8, 4) is 0 Å². The molecule has 0 saturated heterocycles. The summed E-state index contributed by atoms with van der Waals surface area (Å²) >= 11 is 0. The molecule has 2 nitrogen and oxygen atoms in total. The van der Waals surface area contributed by atoms with Crippen molar-refractivity contribution >= 4 is 12.0 Å². The van der Waals surface area contributed by atoms with Gasteiger partial charge in [0.15, 0.2) is 0 Å². The van der Waals surface area contributed by atoms with Crippen LogP contribution in [0.25, 0.3) is 6.08 Å². The Morgan fingerprint density at radius 3 is 2.78 bits per heavy atom. The van der Waals surface area contributed by atoms with Crippen LogP contribution in [0, 0.1) is 11.3 Å². The SMILES string of the molecule is CCOC(=O)[C@@H]1C(C)(C)[C@@]12C=Cc1ccccc12. The van der Waals surface area contributed by atoms with Gasteiger partial charge >= 0.3 is 5.97 Å². The van der Waals surface area contributed by atoms with Gasteiger partial charge in [0.25, 0.3) is 0 Å². The second-order valence-corrected chi connectivity index (χ2v) is 5.70. The minimum absolute atomic E-state index is 0.0511. The van der Waals surface area contributed by atoms with Gasteiger partial charge in [-0.1, -0.05) is 50.3 Å². The van der Waals surface area contributed by atoms with E-state index in [4.69, 9.17) is 4.74 Å². The minimum atomic E-state index is -0.143. The first-order chi connectivity index (χ1) is 8.55. The van der Waals surface area contributed by atoms with E-state index in [0.29, 0.717) is 6.61 Å². The Labute approximate surface area is 108 Å². The van der Waals surface area contributed by atoms with Gasteiger partial charge in [-0.15, -0.1) is 0 Å². The number of rotatable bonds is 2. The molecule has 0 unspecified atom stereocenters. The molecule has 0 aromatic heterocycles. The van der Waals surface area contributed by atoms with Gasteiger partial charge in [-0.05, 0) is 23.5 Å². The second-order valence-electron chi connectivity index (χ2n) is 5.70. The lowest BCUT2D eigenvalue weighted by Gasteiger charge is -2.13. The number of hydrogen-bond acceptors (Lipinski definition) is 2. The molecule has 2 heteroatoms. The van der Waals surface area contributed by atoms with Crippen LogP contribution < -0.4 is 0 Å². The summed E-state index contributed by atoms with van der Waals surface area (Å²) < 4.78 is 5.23. The zero-order valence-electron chi connectivity index (χ0n) is 11.1. The summed E-state index contributed by atoms with van der Waals surface area (Å²) in [6.45, 7) is 6.62. The third kappa shape index (κ3) is 1.16. The monoisotopic (exact) mass is 242 g/mol. The number of benzene rings is 1. The zero-order chi connectivity index (χ0) is 13.0. The van der Waals surface area contributed by atoms with Crippen LogP contribution in [0.5, 0.6) is 0 Å². The van der Waals surface area contributed by atoms with Gasteiger partial charge in [-0.2, -0.15) is 0 Å². The Morgan fingerprint density at radius 1 is 1.33 bits per heavy atom. The third-order valence-electron chi connectivity index (χ3n) is 4.61. The maximum Gasteiger partial charge on any atom is 0.310 e. The van der Waals surface area contributed by atoms with Crippen LogP contribution in [0.3, 0.4) is 0 Å². The smallest absolute Gasteiger partial charge is 0.310 e. The summed E-state index contributed by atoms with van der Waals surface area (Å²) in [5, 5.41) is 0. The second kappa shape index (κ2) is 3.47. The summed E-state index contributed by atoms with van der Waals surface area (Å²) in [4.78, 5) is 12.1. The van der Waals surface area contributed by atoms with Gasteiger partial charge < -0.3 is 4.74 Å². The average Bonchev–Trinajstić information content (AvgIpc) is 2.66. The summed E-state index contributed by atoms with van der Waals surface area (Å²) in [5.41, 5.74) is 2.31. The minimum Gasteiger partial charge on any atom is -0.466 e. The molecular formula is C16H18O2. The van der Waals surface area contributed by atoms with E-state index in [-0.39, 0.29) is 22.7 Å². The highest BCUT2D eigenvalue weighted by Crippen LogP contribution is 2.72.